The molecule has 0 saturated heterocycles. The summed E-state index contributed by atoms with van der Waals surface area (Å²) in [5.41, 5.74) is 0.235. The molecular weight excluding hydrogens is 239 g/mol. The fourth-order valence-corrected chi connectivity index (χ4v) is 1.83. The summed E-state index contributed by atoms with van der Waals surface area (Å²) in [5.74, 6) is -0.249. The number of nitriles is 1. The van der Waals surface area contributed by atoms with Crippen LogP contribution in [0.5, 0.6) is 0 Å². The molecular formula is C13H16ClFN2. The molecule has 0 aliphatic carbocycles. The Bertz CT molecular complexity index is 424. The second-order valence-electron chi connectivity index (χ2n) is 4.59. The Morgan fingerprint density at radius 3 is 2.82 bits per heavy atom. The maximum atomic E-state index is 13.7. The highest BCUT2D eigenvalue weighted by Crippen LogP contribution is 2.27. The molecule has 92 valence electrons. The van der Waals surface area contributed by atoms with Crippen molar-refractivity contribution in [2.45, 2.75) is 25.7 Å². The average Bonchev–Trinajstić information content (AvgIpc) is 2.28. The van der Waals surface area contributed by atoms with E-state index in [-0.39, 0.29) is 11.2 Å². The van der Waals surface area contributed by atoms with Crippen molar-refractivity contribution in [3.05, 3.63) is 34.6 Å². The highest BCUT2D eigenvalue weighted by atomic mass is 35.5. The van der Waals surface area contributed by atoms with Crippen LogP contribution in [0, 0.1) is 17.1 Å². The van der Waals surface area contributed by atoms with Crippen LogP contribution in [0.2, 0.25) is 5.02 Å². The van der Waals surface area contributed by atoms with E-state index in [2.05, 4.69) is 11.4 Å². The summed E-state index contributed by atoms with van der Waals surface area (Å²) < 4.78 is 13.7. The van der Waals surface area contributed by atoms with Gasteiger partial charge in [-0.25, -0.2) is 4.39 Å². The minimum absolute atomic E-state index is 0.249. The zero-order valence-corrected chi connectivity index (χ0v) is 10.8. The van der Waals surface area contributed by atoms with Crippen molar-refractivity contribution < 1.29 is 4.39 Å². The Hall–Kier alpha value is -1.11. The lowest BCUT2D eigenvalue weighted by atomic mass is 9.84. The van der Waals surface area contributed by atoms with Gasteiger partial charge in [-0.15, -0.1) is 0 Å². The van der Waals surface area contributed by atoms with Gasteiger partial charge in [0.15, 0.2) is 0 Å². The predicted molar refractivity (Wildman–Crippen MR) is 67.5 cm³/mol. The van der Waals surface area contributed by atoms with Crippen molar-refractivity contribution in [3.8, 4) is 6.07 Å². The summed E-state index contributed by atoms with van der Waals surface area (Å²) in [6, 6.07) is 6.64. The van der Waals surface area contributed by atoms with Crippen LogP contribution in [0.1, 0.15) is 25.8 Å². The van der Waals surface area contributed by atoms with Gasteiger partial charge in [-0.05, 0) is 23.8 Å². The molecule has 0 aliphatic heterocycles. The van der Waals surface area contributed by atoms with Crippen LogP contribution in [0.25, 0.3) is 0 Å². The minimum Gasteiger partial charge on any atom is -0.315 e. The van der Waals surface area contributed by atoms with Crippen LogP contribution < -0.4 is 5.32 Å². The van der Waals surface area contributed by atoms with Crippen molar-refractivity contribution in [3.63, 3.8) is 0 Å². The molecule has 0 unspecified atom stereocenters. The Kier molecular flexibility index (Phi) is 4.92. The number of benzene rings is 1. The molecule has 4 heteroatoms. The van der Waals surface area contributed by atoms with Crippen LogP contribution in [0.3, 0.4) is 0 Å². The van der Waals surface area contributed by atoms with Crippen molar-refractivity contribution in [1.29, 1.82) is 5.26 Å². The molecule has 1 aromatic rings. The minimum atomic E-state index is -0.357. The lowest BCUT2D eigenvalue weighted by molar-refractivity contribution is 0.447. The fourth-order valence-electron chi connectivity index (χ4n) is 1.66. The predicted octanol–water partition coefficient (Wildman–Crippen LogP) is 3.26. The van der Waals surface area contributed by atoms with E-state index in [0.717, 1.165) is 0 Å². The first-order chi connectivity index (χ1) is 7.97. The number of hydrogen-bond donors (Lipinski definition) is 1. The van der Waals surface area contributed by atoms with Gasteiger partial charge in [-0.1, -0.05) is 25.4 Å². The van der Waals surface area contributed by atoms with Gasteiger partial charge in [0.2, 0.25) is 0 Å². The normalized spacial score (nSPS) is 11.2. The van der Waals surface area contributed by atoms with Crippen LogP contribution in [-0.4, -0.2) is 13.1 Å². The maximum Gasteiger partial charge on any atom is 0.127 e. The number of hydrogen-bond acceptors (Lipinski definition) is 2. The van der Waals surface area contributed by atoms with Crippen molar-refractivity contribution in [1.82, 2.24) is 5.32 Å². The molecule has 1 N–H and O–H groups in total. The summed E-state index contributed by atoms with van der Waals surface area (Å²) in [6.45, 7) is 5.11. The van der Waals surface area contributed by atoms with E-state index in [9.17, 15) is 4.39 Å². The Labute approximate surface area is 106 Å². The molecule has 0 spiro atoms. The van der Waals surface area contributed by atoms with Gasteiger partial charge in [-0.2, -0.15) is 5.26 Å². The van der Waals surface area contributed by atoms with E-state index in [1.165, 1.54) is 6.07 Å². The number of rotatable bonds is 5. The molecule has 1 aromatic carbocycles. The van der Waals surface area contributed by atoms with Crippen molar-refractivity contribution >= 4 is 11.6 Å². The van der Waals surface area contributed by atoms with E-state index in [1.807, 2.05) is 13.8 Å². The molecule has 0 heterocycles. The monoisotopic (exact) mass is 254 g/mol. The Morgan fingerprint density at radius 2 is 2.18 bits per heavy atom. The van der Waals surface area contributed by atoms with Gasteiger partial charge in [0, 0.05) is 29.9 Å². The van der Waals surface area contributed by atoms with Gasteiger partial charge in [0.05, 0.1) is 6.07 Å². The number of nitrogens with one attached hydrogen (secondary N) is 1. The smallest absolute Gasteiger partial charge is 0.127 e. The summed E-state index contributed by atoms with van der Waals surface area (Å²) in [4.78, 5) is 0. The second-order valence-corrected chi connectivity index (χ2v) is 5.03. The van der Waals surface area contributed by atoms with Crippen LogP contribution >= 0.6 is 11.6 Å². The SMILES string of the molecule is CC(C)(CNCCC#N)c1cc(Cl)ccc1F. The fraction of sp³-hybridized carbons (Fsp3) is 0.462. The largest absolute Gasteiger partial charge is 0.315 e. The van der Waals surface area contributed by atoms with E-state index in [1.54, 1.807) is 12.1 Å². The number of halogens is 2. The molecule has 0 fully saturated rings. The van der Waals surface area contributed by atoms with Gasteiger partial charge >= 0.3 is 0 Å². The summed E-state index contributed by atoms with van der Waals surface area (Å²) >= 11 is 5.88. The average molecular weight is 255 g/mol. The molecule has 0 amide bonds. The first-order valence-electron chi connectivity index (χ1n) is 5.50. The summed E-state index contributed by atoms with van der Waals surface area (Å²) in [7, 11) is 0. The van der Waals surface area contributed by atoms with Gasteiger partial charge < -0.3 is 5.32 Å². The maximum absolute atomic E-state index is 13.7. The molecule has 1 rings (SSSR count). The van der Waals surface area contributed by atoms with Gasteiger partial charge in [0.25, 0.3) is 0 Å². The zero-order chi connectivity index (χ0) is 12.9. The summed E-state index contributed by atoms with van der Waals surface area (Å²) in [5, 5.41) is 12.1. The van der Waals surface area contributed by atoms with Crippen LogP contribution in [-0.2, 0) is 5.41 Å². The quantitative estimate of drug-likeness (QED) is 0.819. The van der Waals surface area contributed by atoms with E-state index >= 15 is 0 Å². The van der Waals surface area contributed by atoms with Gasteiger partial charge in [0.1, 0.15) is 5.82 Å². The number of nitrogens with zero attached hydrogens (tertiary/aromatic N) is 1. The molecule has 2 nitrogen and oxygen atoms in total. The molecule has 0 radical (unpaired) electrons. The molecule has 17 heavy (non-hydrogen) atoms. The van der Waals surface area contributed by atoms with Crippen molar-refractivity contribution in [2.24, 2.45) is 0 Å². The second kappa shape index (κ2) is 6.00. The first kappa shape index (κ1) is 14.0. The van der Waals surface area contributed by atoms with E-state index in [0.29, 0.717) is 30.1 Å². The highest BCUT2D eigenvalue weighted by Gasteiger charge is 2.23. The molecule has 0 saturated carbocycles. The van der Waals surface area contributed by atoms with Crippen LogP contribution in [0.4, 0.5) is 4.39 Å². The third-order valence-corrected chi connectivity index (χ3v) is 2.87. The lowest BCUT2D eigenvalue weighted by Gasteiger charge is -2.26. The van der Waals surface area contributed by atoms with Crippen molar-refractivity contribution in [2.75, 3.05) is 13.1 Å². The molecule has 0 aromatic heterocycles. The molecule has 0 bridgehead atoms. The standard InChI is InChI=1S/C13H16ClFN2/c1-13(2,9-17-7-3-6-16)11-8-10(14)4-5-12(11)15/h4-5,8,17H,3,7,9H2,1-2H3. The molecule has 0 atom stereocenters. The third kappa shape index (κ3) is 3.99. The third-order valence-electron chi connectivity index (χ3n) is 2.64. The lowest BCUT2D eigenvalue weighted by Crippen LogP contribution is -2.34. The van der Waals surface area contributed by atoms with E-state index < -0.39 is 0 Å². The van der Waals surface area contributed by atoms with Crippen LogP contribution in [0.15, 0.2) is 18.2 Å². The summed E-state index contributed by atoms with van der Waals surface area (Å²) in [6.07, 6.45) is 0.452. The Balaban J connectivity index is 2.75. The Morgan fingerprint density at radius 1 is 1.47 bits per heavy atom. The van der Waals surface area contributed by atoms with E-state index in [4.69, 9.17) is 16.9 Å². The van der Waals surface area contributed by atoms with Gasteiger partial charge in [-0.3, -0.25) is 0 Å². The molecule has 0 aliphatic rings. The highest BCUT2D eigenvalue weighted by molar-refractivity contribution is 6.30. The zero-order valence-electron chi connectivity index (χ0n) is 10.1. The topological polar surface area (TPSA) is 35.8 Å². The first-order valence-corrected chi connectivity index (χ1v) is 5.88.